The Morgan fingerprint density at radius 1 is 0.317 bits per heavy atom. The second kappa shape index (κ2) is 41.7. The Balaban J connectivity index is -0.000000223. The van der Waals surface area contributed by atoms with Crippen LogP contribution in [0.1, 0.15) is 83.1 Å². The molecular weight excluding hydrogens is 663 g/mol. The Labute approximate surface area is 263 Å². The standard InChI is InChI=1S/C6H16O3P.3C6H15O3P.Ni/c4*1-4-7-10(8-5-2)9-6-3;/h10H,4-6H2,1-3H3;3*4-6H2,1-3H3;/q+1;;;;-1. The first-order valence-corrected chi connectivity index (χ1v) is 20.7. The van der Waals surface area contributed by atoms with Gasteiger partial charge in [-0.05, 0) is 62.3 Å². The molecule has 41 heavy (non-hydrogen) atoms. The first kappa shape index (κ1) is 49.6. The molecule has 0 saturated heterocycles. The summed E-state index contributed by atoms with van der Waals surface area (Å²) in [6, 6.07) is 0. The molecule has 0 heterocycles. The molecule has 0 aliphatic carbocycles. The summed E-state index contributed by atoms with van der Waals surface area (Å²) in [6.45, 7) is 27.8. The Hall–Kier alpha value is 1.73. The summed E-state index contributed by atoms with van der Waals surface area (Å²) in [7, 11) is -3.18. The van der Waals surface area contributed by atoms with Crippen LogP contribution in [0.3, 0.4) is 0 Å². The van der Waals surface area contributed by atoms with Gasteiger partial charge >= 0.3 is 102 Å². The van der Waals surface area contributed by atoms with E-state index in [-0.39, 0.29) is 0 Å². The molecule has 12 nitrogen and oxygen atoms in total. The Morgan fingerprint density at radius 3 is 0.561 bits per heavy atom. The molecule has 0 rings (SSSR count). The van der Waals surface area contributed by atoms with E-state index in [2.05, 4.69) is 0 Å². The van der Waals surface area contributed by atoms with Crippen molar-refractivity contribution in [3.63, 3.8) is 0 Å². The zero-order valence-electron chi connectivity index (χ0n) is 27.5. The molecule has 0 aliphatic heterocycles. The van der Waals surface area contributed by atoms with Gasteiger partial charge in [0.15, 0.2) is 0 Å². The van der Waals surface area contributed by atoms with Crippen LogP contribution in [-0.2, 0) is 69.3 Å². The van der Waals surface area contributed by atoms with E-state index < -0.39 is 32.5 Å². The Bertz CT molecular complexity index is 366. The van der Waals surface area contributed by atoms with Crippen LogP contribution in [-0.4, -0.2) is 79.3 Å². The van der Waals surface area contributed by atoms with Crippen molar-refractivity contribution in [2.24, 2.45) is 0 Å². The van der Waals surface area contributed by atoms with Crippen molar-refractivity contribution in [2.45, 2.75) is 83.1 Å². The van der Waals surface area contributed by atoms with E-state index in [0.29, 0.717) is 79.3 Å². The van der Waals surface area contributed by atoms with Crippen molar-refractivity contribution in [3.8, 4) is 0 Å². The molecule has 0 amide bonds. The van der Waals surface area contributed by atoms with Gasteiger partial charge in [-0.25, -0.2) is 0 Å². The maximum atomic E-state index is 5.24. The molecule has 259 valence electrons. The van der Waals surface area contributed by atoms with Crippen LogP contribution in [0.25, 0.3) is 0 Å². The van der Waals surface area contributed by atoms with Gasteiger partial charge in [0.25, 0.3) is 0 Å². The quantitative estimate of drug-likeness (QED) is 0.0700. The van der Waals surface area contributed by atoms with E-state index in [0.717, 1.165) is 0 Å². The summed E-state index contributed by atoms with van der Waals surface area (Å²) in [5.74, 6) is 0. The van der Waals surface area contributed by atoms with Gasteiger partial charge in [-0.2, -0.15) is 0 Å². The first-order valence-electron chi connectivity index (χ1n) is 14.4. The summed E-state index contributed by atoms with van der Waals surface area (Å²) in [4.78, 5) is 0. The topological polar surface area (TPSA) is 111 Å². The minimum absolute atomic E-state index is 0.562. The molecule has 0 unspecified atom stereocenters. The number of hydrogen-bond acceptors (Lipinski definition) is 12. The summed E-state index contributed by atoms with van der Waals surface area (Å²) < 4.78 is 62.0. The van der Waals surface area contributed by atoms with Crippen LogP contribution in [0.5, 0.6) is 0 Å². The van der Waals surface area contributed by atoms with E-state index >= 15 is 0 Å². The van der Waals surface area contributed by atoms with Gasteiger partial charge < -0.3 is 40.7 Å². The van der Waals surface area contributed by atoms with Crippen LogP contribution in [0, 0.1) is 0 Å². The molecule has 0 aliphatic rings. The Kier molecular flexibility index (Phi) is 50.5. The van der Waals surface area contributed by atoms with Gasteiger partial charge in [-0.3, -0.25) is 0 Å². The summed E-state index contributed by atoms with van der Waals surface area (Å²) in [6.07, 6.45) is 0. The average molecular weight is 724 g/mol. The van der Waals surface area contributed by atoms with Gasteiger partial charge in [0, 0.05) is 0 Å². The van der Waals surface area contributed by atoms with Crippen LogP contribution in [0.15, 0.2) is 0 Å². The monoisotopic (exact) mass is 723 g/mol. The molecule has 0 bridgehead atoms. The second-order valence-corrected chi connectivity index (χ2v) is 13.4. The molecule has 0 spiro atoms. The van der Waals surface area contributed by atoms with Gasteiger partial charge in [-0.15, -0.1) is 0 Å². The van der Waals surface area contributed by atoms with E-state index in [9.17, 15) is 0 Å². The van der Waals surface area contributed by atoms with Gasteiger partial charge in [0.05, 0.1) is 59.5 Å². The van der Waals surface area contributed by atoms with Crippen LogP contribution in [0.4, 0.5) is 0 Å². The molecule has 0 aromatic carbocycles. The molecule has 0 fully saturated rings. The average Bonchev–Trinajstić information content (AvgIpc) is 2.92. The van der Waals surface area contributed by atoms with Crippen LogP contribution >= 0.6 is 32.5 Å². The second-order valence-electron chi connectivity index (χ2n) is 6.17. The maximum absolute atomic E-state index is 5.24. The molecule has 0 atom stereocenters. The fourth-order valence-corrected chi connectivity index (χ4v) is 6.98. The Morgan fingerprint density at radius 2 is 0.463 bits per heavy atom. The van der Waals surface area contributed by atoms with Crippen LogP contribution in [0.2, 0.25) is 0 Å². The van der Waals surface area contributed by atoms with E-state index in [4.69, 9.17) is 69.3 Å². The predicted octanol–water partition coefficient (Wildman–Crippen LogP) is 9.02. The van der Waals surface area contributed by atoms with Crippen molar-refractivity contribution < 1.29 is 69.3 Å². The van der Waals surface area contributed by atoms with E-state index in [1.165, 1.54) is 0 Å². The summed E-state index contributed by atoms with van der Waals surface area (Å²) >= 11 is 4.76. The van der Waals surface area contributed by atoms with Gasteiger partial charge in [0.1, 0.15) is 0 Å². The zero-order chi connectivity index (χ0) is 32.2. The van der Waals surface area contributed by atoms with Crippen LogP contribution < -0.4 is 0 Å². The molecule has 17 heteroatoms. The summed E-state index contributed by atoms with van der Waals surface area (Å²) in [5, 5.41) is 0. The van der Waals surface area contributed by atoms with Crippen molar-refractivity contribution in [3.05, 3.63) is 0 Å². The third-order valence-electron chi connectivity index (χ3n) is 3.03. The third-order valence-corrected chi connectivity index (χ3v) is 10.4. The number of hydrogen-bond donors (Lipinski definition) is 0. The van der Waals surface area contributed by atoms with Gasteiger partial charge in [0.2, 0.25) is 0 Å². The third kappa shape index (κ3) is 39.7. The zero-order valence-corrected chi connectivity index (χ0v) is 32.2. The van der Waals surface area contributed by atoms with Gasteiger partial charge in [-0.1, -0.05) is 0 Å². The van der Waals surface area contributed by atoms with Crippen molar-refractivity contribution >= 4 is 32.5 Å². The molecule has 0 aromatic rings. The van der Waals surface area contributed by atoms with Crippen molar-refractivity contribution in [1.29, 1.82) is 0 Å². The molecule has 0 saturated carbocycles. The predicted molar refractivity (Wildman–Crippen MR) is 169 cm³/mol. The summed E-state index contributed by atoms with van der Waals surface area (Å²) in [5.41, 5.74) is 0. The van der Waals surface area contributed by atoms with Crippen molar-refractivity contribution in [1.82, 2.24) is 0 Å². The molecule has 0 radical (unpaired) electrons. The number of rotatable bonds is 24. The molecular formula is C24H61NiO12P4. The minimum atomic E-state index is -2.62. The molecule has 0 aromatic heterocycles. The molecule has 0 N–H and O–H groups in total. The van der Waals surface area contributed by atoms with Crippen molar-refractivity contribution in [2.75, 3.05) is 79.3 Å². The van der Waals surface area contributed by atoms with E-state index in [1.807, 2.05) is 83.1 Å². The van der Waals surface area contributed by atoms with E-state index in [1.54, 1.807) is 0 Å². The SMILES string of the molecule is CCOP(OCC)OCC.CCOP(OCC)OCC.CCOP(OCC)OCC.CCO[PH]([Ni])(OCC)OCC. The fraction of sp³-hybridized carbons (Fsp3) is 1.00. The fourth-order valence-electron chi connectivity index (χ4n) is 1.90. The normalized spacial score (nSPS) is 11.5. The first-order chi connectivity index (χ1) is 19.7.